The van der Waals surface area contributed by atoms with Crippen molar-refractivity contribution in [3.8, 4) is 0 Å². The molecule has 14 heavy (non-hydrogen) atoms. The molecule has 0 bridgehead atoms. The summed E-state index contributed by atoms with van der Waals surface area (Å²) in [6, 6.07) is 1.95. The third kappa shape index (κ3) is 2.13. The second-order valence-electron chi connectivity index (χ2n) is 3.14. The largest absolute Gasteiger partial charge is 0.322 e. The van der Waals surface area contributed by atoms with E-state index in [1.807, 2.05) is 26.8 Å². The van der Waals surface area contributed by atoms with Gasteiger partial charge in [-0.25, -0.2) is 0 Å². The number of H-pyrrole nitrogens is 1. The van der Waals surface area contributed by atoms with Crippen LogP contribution in [0, 0.1) is 6.92 Å². The Morgan fingerprint density at radius 1 is 1.21 bits per heavy atom. The van der Waals surface area contributed by atoms with E-state index < -0.39 is 0 Å². The number of aromatic amines is 1. The maximum absolute atomic E-state index is 11.2. The van der Waals surface area contributed by atoms with Crippen LogP contribution in [0.1, 0.15) is 32.3 Å². The molecule has 1 aromatic heterocycles. The highest BCUT2D eigenvalue weighted by Crippen LogP contribution is 1.93. The highest BCUT2D eigenvalue weighted by Gasteiger charge is 1.96. The van der Waals surface area contributed by atoms with Gasteiger partial charge < -0.3 is 4.98 Å². The molecule has 0 fully saturated rings. The van der Waals surface area contributed by atoms with Crippen molar-refractivity contribution < 1.29 is 0 Å². The van der Waals surface area contributed by atoms with E-state index in [-0.39, 0.29) is 5.56 Å². The minimum absolute atomic E-state index is 0.0281. The van der Waals surface area contributed by atoms with E-state index in [1.165, 1.54) is 5.22 Å². The molecule has 0 atom stereocenters. The van der Waals surface area contributed by atoms with Gasteiger partial charge in [0.2, 0.25) is 0 Å². The topological polar surface area (TPSA) is 32.9 Å². The molecule has 1 aliphatic rings. The first-order chi connectivity index (χ1) is 6.77. The van der Waals surface area contributed by atoms with Gasteiger partial charge in [0, 0.05) is 10.9 Å². The van der Waals surface area contributed by atoms with E-state index in [2.05, 4.69) is 17.1 Å². The Morgan fingerprint density at radius 3 is 2.57 bits per heavy atom. The first kappa shape index (κ1) is 10.8. The maximum atomic E-state index is 11.2. The molecule has 0 radical (unpaired) electrons. The predicted molar refractivity (Wildman–Crippen MR) is 60.6 cm³/mol. The molecule has 1 aliphatic carbocycles. The Kier molecular flexibility index (Phi) is 3.69. The zero-order valence-electron chi connectivity index (χ0n) is 9.05. The van der Waals surface area contributed by atoms with Gasteiger partial charge in [0.15, 0.2) is 0 Å². The van der Waals surface area contributed by atoms with E-state index >= 15 is 0 Å². The number of hydrogen-bond acceptors (Lipinski definition) is 1. The Morgan fingerprint density at radius 2 is 1.86 bits per heavy atom. The molecule has 0 unspecified atom stereocenters. The fourth-order valence-corrected chi connectivity index (χ4v) is 1.47. The third-order valence-corrected chi connectivity index (χ3v) is 2.17. The van der Waals surface area contributed by atoms with Gasteiger partial charge in [0.1, 0.15) is 0 Å². The van der Waals surface area contributed by atoms with Crippen LogP contribution >= 0.6 is 0 Å². The molecule has 0 spiro atoms. The smallest absolute Gasteiger partial charge is 0.251 e. The fourth-order valence-electron chi connectivity index (χ4n) is 1.47. The fraction of sp³-hybridized carbons (Fsp3) is 0.417. The summed E-state index contributed by atoms with van der Waals surface area (Å²) in [6.45, 7) is 5.83. The van der Waals surface area contributed by atoms with Gasteiger partial charge in [-0.2, -0.15) is 0 Å². The van der Waals surface area contributed by atoms with E-state index in [4.69, 9.17) is 0 Å². The molecule has 76 valence electrons. The number of hydrogen-bond donors (Lipinski definition) is 1. The van der Waals surface area contributed by atoms with Gasteiger partial charge >= 0.3 is 0 Å². The van der Waals surface area contributed by atoms with Crippen LogP contribution in [0.5, 0.6) is 0 Å². The molecular formula is C12H17NO. The van der Waals surface area contributed by atoms with Crippen LogP contribution in [0.15, 0.2) is 10.9 Å². The van der Waals surface area contributed by atoms with Crippen molar-refractivity contribution in [1.29, 1.82) is 0 Å². The van der Waals surface area contributed by atoms with Crippen molar-refractivity contribution in [1.82, 2.24) is 4.98 Å². The highest BCUT2D eigenvalue weighted by atomic mass is 16.1. The second kappa shape index (κ2) is 4.80. The number of pyridine rings is 1. The van der Waals surface area contributed by atoms with Crippen molar-refractivity contribution in [2.45, 2.75) is 33.6 Å². The Bertz CT molecular complexity index is 468. The predicted octanol–water partition coefficient (Wildman–Crippen LogP) is 1.06. The highest BCUT2D eigenvalue weighted by molar-refractivity contribution is 5.36. The SMILES string of the molecule is CC.Cc1cc2c([nH]c1=O)=CCCC=2. The lowest BCUT2D eigenvalue weighted by atomic mass is 10.1. The molecule has 2 heteroatoms. The van der Waals surface area contributed by atoms with Crippen LogP contribution in [-0.2, 0) is 0 Å². The molecule has 2 nitrogen and oxygen atoms in total. The van der Waals surface area contributed by atoms with Crippen LogP contribution in [0.3, 0.4) is 0 Å². The minimum Gasteiger partial charge on any atom is -0.322 e. The standard InChI is InChI=1S/C10H11NO.C2H6/c1-7-6-8-4-2-3-5-9(8)11-10(7)12;1-2/h4-6H,2-3H2,1H3,(H,11,12);1-2H3. The summed E-state index contributed by atoms with van der Waals surface area (Å²) in [4.78, 5) is 14.1. The molecule has 0 amide bonds. The van der Waals surface area contributed by atoms with E-state index in [1.54, 1.807) is 0 Å². The summed E-state index contributed by atoms with van der Waals surface area (Å²) in [7, 11) is 0. The Hall–Kier alpha value is -1.31. The first-order valence-electron chi connectivity index (χ1n) is 5.18. The second-order valence-corrected chi connectivity index (χ2v) is 3.14. The Labute approximate surface area is 84.0 Å². The van der Waals surface area contributed by atoms with Gasteiger partial charge in [-0.05, 0) is 31.1 Å². The quantitative estimate of drug-likeness (QED) is 0.653. The maximum Gasteiger partial charge on any atom is 0.251 e. The summed E-state index contributed by atoms with van der Waals surface area (Å²) >= 11 is 0. The van der Waals surface area contributed by atoms with Gasteiger partial charge in [0.05, 0.1) is 0 Å². The zero-order valence-corrected chi connectivity index (χ0v) is 9.05. The molecule has 0 aromatic carbocycles. The van der Waals surface area contributed by atoms with Crippen LogP contribution in [0.4, 0.5) is 0 Å². The van der Waals surface area contributed by atoms with Gasteiger partial charge in [0.25, 0.3) is 5.56 Å². The summed E-state index contributed by atoms with van der Waals surface area (Å²) in [5.74, 6) is 0. The summed E-state index contributed by atoms with van der Waals surface area (Å²) in [5, 5.41) is 2.15. The van der Waals surface area contributed by atoms with Crippen LogP contribution in [0.25, 0.3) is 12.2 Å². The number of aryl methyl sites for hydroxylation is 1. The number of aromatic nitrogens is 1. The lowest BCUT2D eigenvalue weighted by Crippen LogP contribution is -2.36. The van der Waals surface area contributed by atoms with Crippen molar-refractivity contribution >= 4 is 12.2 Å². The van der Waals surface area contributed by atoms with Crippen molar-refractivity contribution in [3.05, 3.63) is 32.6 Å². The molecule has 1 aromatic rings. The lowest BCUT2D eigenvalue weighted by molar-refractivity contribution is 1.04. The van der Waals surface area contributed by atoms with Crippen molar-refractivity contribution in [3.63, 3.8) is 0 Å². The van der Waals surface area contributed by atoms with Crippen LogP contribution in [0.2, 0.25) is 0 Å². The van der Waals surface area contributed by atoms with Gasteiger partial charge in [-0.3, -0.25) is 4.79 Å². The Balaban J connectivity index is 0.000000461. The number of rotatable bonds is 0. The number of nitrogens with one attached hydrogen (secondary N) is 1. The minimum atomic E-state index is 0.0281. The molecular weight excluding hydrogens is 174 g/mol. The third-order valence-electron chi connectivity index (χ3n) is 2.17. The molecule has 1 heterocycles. The van der Waals surface area contributed by atoms with E-state index in [0.29, 0.717) is 0 Å². The van der Waals surface area contributed by atoms with Crippen LogP contribution < -0.4 is 16.1 Å². The molecule has 2 rings (SSSR count). The van der Waals surface area contributed by atoms with E-state index in [0.717, 1.165) is 23.8 Å². The lowest BCUT2D eigenvalue weighted by Gasteiger charge is -1.99. The van der Waals surface area contributed by atoms with Gasteiger partial charge in [-0.15, -0.1) is 0 Å². The monoisotopic (exact) mass is 191 g/mol. The zero-order chi connectivity index (χ0) is 10.6. The molecule has 0 aliphatic heterocycles. The summed E-state index contributed by atoms with van der Waals surface area (Å²) in [6.07, 6.45) is 6.36. The molecule has 0 saturated carbocycles. The first-order valence-corrected chi connectivity index (χ1v) is 5.18. The molecule has 1 N–H and O–H groups in total. The average Bonchev–Trinajstić information content (AvgIpc) is 2.23. The van der Waals surface area contributed by atoms with Crippen LogP contribution in [-0.4, -0.2) is 4.98 Å². The van der Waals surface area contributed by atoms with E-state index in [9.17, 15) is 4.79 Å². The average molecular weight is 191 g/mol. The number of fused-ring (bicyclic) bond motifs is 1. The van der Waals surface area contributed by atoms with Crippen molar-refractivity contribution in [2.75, 3.05) is 0 Å². The summed E-state index contributed by atoms with van der Waals surface area (Å²) < 4.78 is 0. The molecule has 0 saturated heterocycles. The van der Waals surface area contributed by atoms with Crippen molar-refractivity contribution in [2.24, 2.45) is 0 Å². The summed E-state index contributed by atoms with van der Waals surface area (Å²) in [5.41, 5.74) is 0.820. The van der Waals surface area contributed by atoms with Gasteiger partial charge in [-0.1, -0.05) is 26.0 Å². The normalized spacial score (nSPS) is 12.8.